The zero-order chi connectivity index (χ0) is 16.2. The highest BCUT2D eigenvalue weighted by Crippen LogP contribution is 2.25. The average Bonchev–Trinajstić information content (AvgIpc) is 2.97. The molecule has 0 radical (unpaired) electrons. The number of imidazole rings is 1. The molecule has 23 heavy (non-hydrogen) atoms. The molecule has 0 unspecified atom stereocenters. The van der Waals surface area contributed by atoms with Crippen LogP contribution >= 0.6 is 11.8 Å². The second-order valence-electron chi connectivity index (χ2n) is 6.24. The van der Waals surface area contributed by atoms with Crippen LogP contribution in [0.4, 0.5) is 0 Å². The summed E-state index contributed by atoms with van der Waals surface area (Å²) in [5.41, 5.74) is 1.81. The van der Waals surface area contributed by atoms with Crippen LogP contribution in [0.5, 0.6) is 5.75 Å². The highest BCUT2D eigenvalue weighted by Gasteiger charge is 2.19. The number of methoxy groups -OCH3 is 1. The molecule has 1 aliphatic rings. The van der Waals surface area contributed by atoms with Crippen molar-refractivity contribution in [3.8, 4) is 5.75 Å². The summed E-state index contributed by atoms with van der Waals surface area (Å²) in [4.78, 5) is 19.8. The highest BCUT2D eigenvalue weighted by molar-refractivity contribution is 7.99. The Kier molecular flexibility index (Phi) is 5.10. The van der Waals surface area contributed by atoms with Gasteiger partial charge in [-0.25, -0.2) is 4.98 Å². The van der Waals surface area contributed by atoms with Crippen LogP contribution in [0, 0.1) is 5.92 Å². The van der Waals surface area contributed by atoms with Crippen molar-refractivity contribution in [1.82, 2.24) is 15.3 Å². The van der Waals surface area contributed by atoms with Gasteiger partial charge in [0.15, 0.2) is 5.16 Å². The van der Waals surface area contributed by atoms with Crippen molar-refractivity contribution >= 4 is 28.7 Å². The molecule has 5 nitrogen and oxygen atoms in total. The Hall–Kier alpha value is -1.69. The third-order valence-electron chi connectivity index (χ3n) is 4.39. The maximum atomic E-state index is 12.1. The second-order valence-corrected chi connectivity index (χ2v) is 7.20. The number of hydrogen-bond acceptors (Lipinski definition) is 4. The van der Waals surface area contributed by atoms with Crippen LogP contribution in [0.2, 0.25) is 0 Å². The lowest BCUT2D eigenvalue weighted by atomic mass is 9.87. The fourth-order valence-corrected chi connectivity index (χ4v) is 3.66. The molecule has 1 heterocycles. The predicted octanol–water partition coefficient (Wildman–Crippen LogP) is 3.36. The normalized spacial score (nSPS) is 21.3. The molecule has 2 aromatic rings. The molecule has 124 valence electrons. The van der Waals surface area contributed by atoms with Crippen molar-refractivity contribution in [3.05, 3.63) is 18.2 Å². The molecule has 0 saturated heterocycles. The van der Waals surface area contributed by atoms with Gasteiger partial charge in [-0.3, -0.25) is 4.79 Å². The van der Waals surface area contributed by atoms with E-state index in [-0.39, 0.29) is 5.91 Å². The van der Waals surface area contributed by atoms with Crippen LogP contribution < -0.4 is 10.1 Å². The molecule has 0 bridgehead atoms. The van der Waals surface area contributed by atoms with Crippen molar-refractivity contribution in [3.63, 3.8) is 0 Å². The lowest BCUT2D eigenvalue weighted by molar-refractivity contribution is -0.119. The zero-order valence-corrected chi connectivity index (χ0v) is 14.4. The Labute approximate surface area is 140 Å². The van der Waals surface area contributed by atoms with Gasteiger partial charge in [0.25, 0.3) is 0 Å². The van der Waals surface area contributed by atoms with Crippen molar-refractivity contribution in [2.45, 2.75) is 43.8 Å². The fraction of sp³-hybridized carbons (Fsp3) is 0.529. The zero-order valence-electron chi connectivity index (χ0n) is 13.6. The quantitative estimate of drug-likeness (QED) is 0.824. The van der Waals surface area contributed by atoms with E-state index in [1.54, 1.807) is 7.11 Å². The topological polar surface area (TPSA) is 67.0 Å². The molecule has 1 aliphatic carbocycles. The minimum atomic E-state index is 0.0904. The monoisotopic (exact) mass is 333 g/mol. The number of hydrogen-bond donors (Lipinski definition) is 2. The molecule has 2 N–H and O–H groups in total. The summed E-state index contributed by atoms with van der Waals surface area (Å²) < 4.78 is 5.20. The second kappa shape index (κ2) is 7.25. The average molecular weight is 333 g/mol. The first-order valence-electron chi connectivity index (χ1n) is 8.10. The Morgan fingerprint density at radius 2 is 2.17 bits per heavy atom. The van der Waals surface area contributed by atoms with E-state index in [0.29, 0.717) is 11.8 Å². The number of nitrogens with zero attached hydrogens (tertiary/aromatic N) is 1. The van der Waals surface area contributed by atoms with E-state index < -0.39 is 0 Å². The third-order valence-corrected chi connectivity index (χ3v) is 5.26. The van der Waals surface area contributed by atoms with E-state index in [0.717, 1.165) is 40.7 Å². The number of ether oxygens (including phenoxy) is 1. The van der Waals surface area contributed by atoms with Crippen molar-refractivity contribution in [2.75, 3.05) is 12.9 Å². The number of thioether (sulfide) groups is 1. The first-order valence-corrected chi connectivity index (χ1v) is 9.08. The molecular weight excluding hydrogens is 310 g/mol. The Morgan fingerprint density at radius 1 is 1.39 bits per heavy atom. The van der Waals surface area contributed by atoms with Gasteiger partial charge in [0.05, 0.1) is 23.9 Å². The smallest absolute Gasteiger partial charge is 0.230 e. The number of carbonyl (C=O) groups excluding carboxylic acids is 1. The summed E-state index contributed by atoms with van der Waals surface area (Å²) >= 11 is 1.44. The maximum absolute atomic E-state index is 12.1. The number of amides is 1. The molecule has 1 amide bonds. The van der Waals surface area contributed by atoms with Crippen LogP contribution in [-0.4, -0.2) is 34.8 Å². The summed E-state index contributed by atoms with van der Waals surface area (Å²) in [6, 6.07) is 6.06. The molecule has 6 heteroatoms. The molecular formula is C17H23N3O2S. The largest absolute Gasteiger partial charge is 0.497 e. The van der Waals surface area contributed by atoms with Crippen LogP contribution in [0.1, 0.15) is 32.6 Å². The Balaban J connectivity index is 1.52. The number of rotatable bonds is 5. The number of aromatic nitrogens is 2. The minimum absolute atomic E-state index is 0.0904. The first-order chi connectivity index (χ1) is 11.1. The maximum Gasteiger partial charge on any atom is 0.230 e. The van der Waals surface area contributed by atoms with Gasteiger partial charge < -0.3 is 15.0 Å². The summed E-state index contributed by atoms with van der Waals surface area (Å²) in [7, 11) is 1.64. The van der Waals surface area contributed by atoms with E-state index in [9.17, 15) is 4.79 Å². The lowest BCUT2D eigenvalue weighted by Gasteiger charge is -2.26. The number of aromatic amines is 1. The van der Waals surface area contributed by atoms with E-state index in [1.165, 1.54) is 24.6 Å². The van der Waals surface area contributed by atoms with Gasteiger partial charge in [0, 0.05) is 12.1 Å². The molecule has 0 spiro atoms. The van der Waals surface area contributed by atoms with Crippen molar-refractivity contribution in [1.29, 1.82) is 0 Å². The van der Waals surface area contributed by atoms with Gasteiger partial charge >= 0.3 is 0 Å². The minimum Gasteiger partial charge on any atom is -0.497 e. The number of carbonyl (C=O) groups is 1. The van der Waals surface area contributed by atoms with Gasteiger partial charge in [-0.15, -0.1) is 0 Å². The molecule has 1 saturated carbocycles. The molecule has 1 aromatic heterocycles. The first kappa shape index (κ1) is 16.2. The van der Waals surface area contributed by atoms with Crippen molar-refractivity contribution < 1.29 is 9.53 Å². The lowest BCUT2D eigenvalue weighted by Crippen LogP contribution is -2.38. The van der Waals surface area contributed by atoms with Crippen LogP contribution in [-0.2, 0) is 4.79 Å². The van der Waals surface area contributed by atoms with Gasteiger partial charge in [0.1, 0.15) is 5.75 Å². The van der Waals surface area contributed by atoms with Gasteiger partial charge in [0.2, 0.25) is 5.91 Å². The number of benzene rings is 1. The Morgan fingerprint density at radius 3 is 2.91 bits per heavy atom. The molecule has 1 aromatic carbocycles. The van der Waals surface area contributed by atoms with Crippen molar-refractivity contribution in [2.24, 2.45) is 5.92 Å². The Bertz CT molecular complexity index is 678. The third kappa shape index (κ3) is 4.19. The number of H-pyrrole nitrogens is 1. The molecule has 3 rings (SSSR count). The summed E-state index contributed by atoms with van der Waals surface area (Å²) in [6.45, 7) is 2.28. The van der Waals surface area contributed by atoms with E-state index in [1.807, 2.05) is 18.2 Å². The van der Waals surface area contributed by atoms with Gasteiger partial charge in [-0.05, 0) is 43.7 Å². The predicted molar refractivity (Wildman–Crippen MR) is 92.9 cm³/mol. The SMILES string of the molecule is COc1ccc2nc(SCC(=O)NC3CCC(C)CC3)[nH]c2c1. The number of fused-ring (bicyclic) bond motifs is 1. The van der Waals surface area contributed by atoms with Crippen LogP contribution in [0.25, 0.3) is 11.0 Å². The van der Waals surface area contributed by atoms with Crippen LogP contribution in [0.15, 0.2) is 23.4 Å². The van der Waals surface area contributed by atoms with E-state index in [2.05, 4.69) is 22.2 Å². The van der Waals surface area contributed by atoms with Gasteiger partial charge in [-0.1, -0.05) is 18.7 Å². The molecule has 0 atom stereocenters. The van der Waals surface area contributed by atoms with Gasteiger partial charge in [-0.2, -0.15) is 0 Å². The highest BCUT2D eigenvalue weighted by atomic mass is 32.2. The standard InChI is InChI=1S/C17H23N3O2S/c1-11-3-5-12(6-4-11)18-16(21)10-23-17-19-14-8-7-13(22-2)9-15(14)20-17/h7-9,11-12H,3-6,10H2,1-2H3,(H,18,21)(H,19,20). The van der Waals surface area contributed by atoms with E-state index >= 15 is 0 Å². The molecule has 1 fully saturated rings. The summed E-state index contributed by atoms with van der Waals surface area (Å²) in [6.07, 6.45) is 4.62. The summed E-state index contributed by atoms with van der Waals surface area (Å²) in [5.74, 6) is 2.07. The van der Waals surface area contributed by atoms with E-state index in [4.69, 9.17) is 4.74 Å². The summed E-state index contributed by atoms with van der Waals surface area (Å²) in [5, 5.41) is 3.90. The van der Waals surface area contributed by atoms with Crippen LogP contribution in [0.3, 0.4) is 0 Å². The fourth-order valence-electron chi connectivity index (χ4n) is 2.97. The molecule has 0 aliphatic heterocycles. The number of nitrogens with one attached hydrogen (secondary N) is 2.